The van der Waals surface area contributed by atoms with Gasteiger partial charge in [-0.1, -0.05) is 13.3 Å². The molecule has 0 saturated heterocycles. The van der Waals surface area contributed by atoms with Gasteiger partial charge in [-0.15, -0.1) is 0 Å². The van der Waals surface area contributed by atoms with Gasteiger partial charge in [-0.3, -0.25) is 0 Å². The first-order chi connectivity index (χ1) is 4.86. The summed E-state index contributed by atoms with van der Waals surface area (Å²) in [6.45, 7) is 9.10. The van der Waals surface area contributed by atoms with Crippen LogP contribution in [0, 0.1) is 12.5 Å². The molecule has 0 spiro atoms. The van der Waals surface area contributed by atoms with Crippen molar-refractivity contribution in [1.82, 2.24) is 0 Å². The van der Waals surface area contributed by atoms with E-state index in [0.717, 1.165) is 18.8 Å². The third-order valence-corrected chi connectivity index (χ3v) is 2.58. The van der Waals surface area contributed by atoms with Crippen LogP contribution in [0.4, 0.5) is 0 Å². The van der Waals surface area contributed by atoms with Crippen molar-refractivity contribution < 1.29 is 0 Å². The highest BCUT2D eigenvalue weighted by atomic mass is 14.7. The standard InChI is InChI=1S/C9H15N/c1-3-8-4-6-9(10-2)7-5-8/h8-9H,3-7H2,1H3. The summed E-state index contributed by atoms with van der Waals surface area (Å²) in [6, 6.07) is 0.364. The lowest BCUT2D eigenvalue weighted by atomic mass is 9.85. The first-order valence-electron chi connectivity index (χ1n) is 4.23. The summed E-state index contributed by atoms with van der Waals surface area (Å²) >= 11 is 0. The van der Waals surface area contributed by atoms with Crippen LogP contribution in [0.3, 0.4) is 0 Å². The molecule has 0 aliphatic heterocycles. The quantitative estimate of drug-likeness (QED) is 0.489. The van der Waals surface area contributed by atoms with Crippen LogP contribution < -0.4 is 0 Å². The van der Waals surface area contributed by atoms with Crippen molar-refractivity contribution in [1.29, 1.82) is 0 Å². The van der Waals surface area contributed by atoms with Crippen molar-refractivity contribution in [2.24, 2.45) is 5.92 Å². The fourth-order valence-corrected chi connectivity index (χ4v) is 1.68. The van der Waals surface area contributed by atoms with E-state index >= 15 is 0 Å². The molecule has 0 atom stereocenters. The van der Waals surface area contributed by atoms with E-state index in [4.69, 9.17) is 6.57 Å². The lowest BCUT2D eigenvalue weighted by Crippen LogP contribution is -2.14. The molecule has 56 valence electrons. The molecular weight excluding hydrogens is 122 g/mol. The van der Waals surface area contributed by atoms with Gasteiger partial charge in [0.1, 0.15) is 0 Å². The fourth-order valence-electron chi connectivity index (χ4n) is 1.68. The van der Waals surface area contributed by atoms with Gasteiger partial charge in [0, 0.05) is 12.8 Å². The van der Waals surface area contributed by atoms with Crippen molar-refractivity contribution in [3.63, 3.8) is 0 Å². The van der Waals surface area contributed by atoms with Gasteiger partial charge >= 0.3 is 0 Å². The van der Waals surface area contributed by atoms with Crippen LogP contribution in [0.5, 0.6) is 0 Å². The summed E-state index contributed by atoms with van der Waals surface area (Å²) in [5, 5.41) is 0. The number of rotatable bonds is 1. The molecule has 1 heteroatoms. The Morgan fingerprint density at radius 3 is 2.30 bits per heavy atom. The van der Waals surface area contributed by atoms with Crippen LogP contribution in [0.25, 0.3) is 4.85 Å². The van der Waals surface area contributed by atoms with Crippen molar-refractivity contribution in [2.45, 2.75) is 45.1 Å². The smallest absolute Gasteiger partial charge is 0.223 e. The van der Waals surface area contributed by atoms with Crippen LogP contribution in [-0.4, -0.2) is 6.04 Å². The lowest BCUT2D eigenvalue weighted by molar-refractivity contribution is 0.338. The van der Waals surface area contributed by atoms with Gasteiger partial charge in [-0.05, 0) is 18.8 Å². The Labute approximate surface area is 63.3 Å². The maximum atomic E-state index is 6.85. The maximum Gasteiger partial charge on any atom is 0.223 e. The predicted molar refractivity (Wildman–Crippen MR) is 42.6 cm³/mol. The largest absolute Gasteiger partial charge is 0.314 e. The molecule has 0 aromatic rings. The Morgan fingerprint density at radius 2 is 1.90 bits per heavy atom. The van der Waals surface area contributed by atoms with Crippen LogP contribution >= 0.6 is 0 Å². The monoisotopic (exact) mass is 137 g/mol. The van der Waals surface area contributed by atoms with Gasteiger partial charge in [-0.25, -0.2) is 6.57 Å². The molecule has 1 aliphatic carbocycles. The van der Waals surface area contributed by atoms with Gasteiger partial charge in [0.2, 0.25) is 6.04 Å². The van der Waals surface area contributed by atoms with E-state index in [9.17, 15) is 0 Å². The van der Waals surface area contributed by atoms with E-state index in [1.807, 2.05) is 0 Å². The second kappa shape index (κ2) is 3.61. The molecule has 0 N–H and O–H groups in total. The Hall–Kier alpha value is -0.510. The summed E-state index contributed by atoms with van der Waals surface area (Å²) in [5.41, 5.74) is 0. The molecule has 0 unspecified atom stereocenters. The minimum absolute atomic E-state index is 0.364. The number of hydrogen-bond acceptors (Lipinski definition) is 0. The van der Waals surface area contributed by atoms with E-state index in [1.54, 1.807) is 0 Å². The Morgan fingerprint density at radius 1 is 1.30 bits per heavy atom. The molecule has 0 bridgehead atoms. The van der Waals surface area contributed by atoms with E-state index in [-0.39, 0.29) is 0 Å². The van der Waals surface area contributed by atoms with E-state index in [2.05, 4.69) is 11.8 Å². The highest BCUT2D eigenvalue weighted by Gasteiger charge is 2.22. The van der Waals surface area contributed by atoms with Crippen molar-refractivity contribution in [2.75, 3.05) is 0 Å². The summed E-state index contributed by atoms with van der Waals surface area (Å²) in [6.07, 6.45) is 6.21. The van der Waals surface area contributed by atoms with Gasteiger partial charge in [-0.2, -0.15) is 0 Å². The second-order valence-corrected chi connectivity index (χ2v) is 3.21. The lowest BCUT2D eigenvalue weighted by Gasteiger charge is -2.20. The molecular formula is C9H15N. The normalized spacial score (nSPS) is 33.2. The molecule has 1 rings (SSSR count). The highest BCUT2D eigenvalue weighted by Crippen LogP contribution is 2.27. The zero-order valence-electron chi connectivity index (χ0n) is 6.64. The van der Waals surface area contributed by atoms with Gasteiger partial charge < -0.3 is 4.85 Å². The molecule has 0 radical (unpaired) electrons. The predicted octanol–water partition coefficient (Wildman–Crippen LogP) is 2.87. The molecule has 10 heavy (non-hydrogen) atoms. The van der Waals surface area contributed by atoms with Gasteiger partial charge in [0.05, 0.1) is 0 Å². The zero-order valence-corrected chi connectivity index (χ0v) is 6.64. The van der Waals surface area contributed by atoms with Crippen LogP contribution in [-0.2, 0) is 0 Å². The Kier molecular flexibility index (Phi) is 2.74. The summed E-state index contributed by atoms with van der Waals surface area (Å²) < 4.78 is 0. The van der Waals surface area contributed by atoms with Crippen LogP contribution in [0.1, 0.15) is 39.0 Å². The van der Waals surface area contributed by atoms with Gasteiger partial charge in [0.15, 0.2) is 0 Å². The molecule has 0 aromatic heterocycles. The highest BCUT2D eigenvalue weighted by molar-refractivity contribution is 4.84. The molecule has 0 heterocycles. The van der Waals surface area contributed by atoms with Crippen LogP contribution in [0.2, 0.25) is 0 Å². The molecule has 1 aliphatic rings. The third kappa shape index (κ3) is 1.73. The molecule has 0 amide bonds. The fraction of sp³-hybridized carbons (Fsp3) is 0.889. The zero-order chi connectivity index (χ0) is 7.40. The van der Waals surface area contributed by atoms with Crippen molar-refractivity contribution in [3.05, 3.63) is 11.4 Å². The minimum atomic E-state index is 0.364. The number of hydrogen-bond donors (Lipinski definition) is 0. The topological polar surface area (TPSA) is 4.36 Å². The molecule has 1 fully saturated rings. The Balaban J connectivity index is 2.25. The first-order valence-corrected chi connectivity index (χ1v) is 4.23. The van der Waals surface area contributed by atoms with Gasteiger partial charge in [0.25, 0.3) is 0 Å². The minimum Gasteiger partial charge on any atom is -0.314 e. The SMILES string of the molecule is [C-]#[N+]C1CCC(CC)CC1. The van der Waals surface area contributed by atoms with E-state index in [1.165, 1.54) is 19.3 Å². The summed E-state index contributed by atoms with van der Waals surface area (Å²) in [5.74, 6) is 0.929. The first kappa shape index (κ1) is 7.60. The second-order valence-electron chi connectivity index (χ2n) is 3.21. The molecule has 1 saturated carbocycles. The average molecular weight is 137 g/mol. The van der Waals surface area contributed by atoms with Crippen molar-refractivity contribution >= 4 is 0 Å². The van der Waals surface area contributed by atoms with E-state index < -0.39 is 0 Å². The molecule has 1 nitrogen and oxygen atoms in total. The average Bonchev–Trinajstić information content (AvgIpc) is 2.05. The van der Waals surface area contributed by atoms with Crippen molar-refractivity contribution in [3.8, 4) is 0 Å². The third-order valence-electron chi connectivity index (χ3n) is 2.58. The summed E-state index contributed by atoms with van der Waals surface area (Å²) in [7, 11) is 0. The summed E-state index contributed by atoms with van der Waals surface area (Å²) in [4.78, 5) is 3.57. The number of nitrogens with zero attached hydrogens (tertiary/aromatic N) is 1. The maximum absolute atomic E-state index is 6.85. The Bertz CT molecular complexity index is 126. The van der Waals surface area contributed by atoms with E-state index in [0.29, 0.717) is 6.04 Å². The molecule has 0 aromatic carbocycles. The van der Waals surface area contributed by atoms with Crippen LogP contribution in [0.15, 0.2) is 0 Å².